The Labute approximate surface area is 421 Å². The van der Waals surface area contributed by atoms with E-state index < -0.39 is 0 Å². The molecule has 0 radical (unpaired) electrons. The Balaban J connectivity index is 1.12. The molecule has 4 aliphatic carbocycles. The van der Waals surface area contributed by atoms with Crippen molar-refractivity contribution in [2.75, 3.05) is 45.2 Å². The van der Waals surface area contributed by atoms with Crippen molar-refractivity contribution in [3.63, 3.8) is 0 Å². The summed E-state index contributed by atoms with van der Waals surface area (Å²) in [7, 11) is 7.53. The fourth-order valence-electron chi connectivity index (χ4n) is 13.5. The lowest BCUT2D eigenvalue weighted by molar-refractivity contribution is -0.152. The van der Waals surface area contributed by atoms with Gasteiger partial charge >= 0.3 is 11.9 Å². The first-order chi connectivity index (χ1) is 32.2. The van der Waals surface area contributed by atoms with Crippen molar-refractivity contribution in [1.82, 2.24) is 9.80 Å². The van der Waals surface area contributed by atoms with Gasteiger partial charge in [-0.1, -0.05) is 152 Å². The van der Waals surface area contributed by atoms with Crippen LogP contribution in [0.1, 0.15) is 235 Å². The molecule has 9 unspecified atom stereocenters. The zero-order valence-electron chi connectivity index (χ0n) is 45.0. The topological polar surface area (TPSA) is 76.2 Å². The minimum absolute atomic E-state index is 0.0156. The standard InChI is InChI=1S/C58H104N2O5S2/c1-10-12-14-15-16-19-27-48(26-18-13-11-2)64-56(63)36-43-67-66-42-35-54(61)60(41-23-39-59(8)9)40-21-17-20-28-55(62)65-49-33-37-57(6)47(44-49)29-30-50-52-32-31-51(46(5)25-22-24-45(3)4)58(52,7)38-34-53(50)57/h29,45-46,48-53H,10-28,30-44H2,1-9H3. The van der Waals surface area contributed by atoms with Crippen molar-refractivity contribution in [1.29, 1.82) is 0 Å². The maximum atomic E-state index is 13.4. The van der Waals surface area contributed by atoms with E-state index in [1.807, 2.05) is 4.90 Å². The smallest absolute Gasteiger partial charge is 0.306 e. The summed E-state index contributed by atoms with van der Waals surface area (Å²) in [6.45, 7) is 19.5. The quantitative estimate of drug-likeness (QED) is 0.0269. The highest BCUT2D eigenvalue weighted by molar-refractivity contribution is 8.76. The SMILES string of the molecule is CCCCCCCCC(CCCCC)OC(=O)CCSSCCC(=O)N(CCCCCC(=O)OC1CCC2(C)C(=CCC3C2CCC2(C)C(C(C)CCCC(C)C)CCC32)C1)CCCN(C)C. The van der Waals surface area contributed by atoms with Crippen molar-refractivity contribution in [2.24, 2.45) is 46.3 Å². The molecule has 7 nitrogen and oxygen atoms in total. The van der Waals surface area contributed by atoms with Crippen LogP contribution >= 0.6 is 21.6 Å². The highest BCUT2D eigenvalue weighted by Gasteiger charge is 2.59. The molecule has 0 N–H and O–H groups in total. The molecule has 9 heteroatoms. The molecule has 9 atom stereocenters. The van der Waals surface area contributed by atoms with E-state index in [-0.39, 0.29) is 35.5 Å². The van der Waals surface area contributed by atoms with Crippen LogP contribution in [0.25, 0.3) is 0 Å². The zero-order chi connectivity index (χ0) is 48.7. The van der Waals surface area contributed by atoms with Crippen LogP contribution in [0.3, 0.4) is 0 Å². The molecule has 4 aliphatic rings. The monoisotopic (exact) mass is 973 g/mol. The van der Waals surface area contributed by atoms with Gasteiger partial charge in [-0.25, -0.2) is 0 Å². The molecule has 0 saturated heterocycles. The number of unbranched alkanes of at least 4 members (excludes halogenated alkanes) is 9. The molecule has 0 aromatic carbocycles. The van der Waals surface area contributed by atoms with Crippen LogP contribution in [0.5, 0.6) is 0 Å². The number of hydrogen-bond acceptors (Lipinski definition) is 8. The van der Waals surface area contributed by atoms with Crippen LogP contribution in [-0.2, 0) is 23.9 Å². The molecule has 0 bridgehead atoms. The highest BCUT2D eigenvalue weighted by atomic mass is 33.1. The van der Waals surface area contributed by atoms with Gasteiger partial charge in [0, 0.05) is 43.9 Å². The lowest BCUT2D eigenvalue weighted by atomic mass is 9.47. The van der Waals surface area contributed by atoms with E-state index in [0.717, 1.165) is 132 Å². The van der Waals surface area contributed by atoms with Crippen molar-refractivity contribution in [3.05, 3.63) is 11.6 Å². The minimum atomic E-state index is -0.0745. The molecule has 388 valence electrons. The number of allylic oxidation sites excluding steroid dienone is 1. The van der Waals surface area contributed by atoms with E-state index in [0.29, 0.717) is 30.4 Å². The van der Waals surface area contributed by atoms with E-state index in [9.17, 15) is 14.4 Å². The molecule has 0 aromatic rings. The Morgan fingerprint density at radius 2 is 1.36 bits per heavy atom. The van der Waals surface area contributed by atoms with Gasteiger partial charge in [0.15, 0.2) is 0 Å². The molecule has 0 aromatic heterocycles. The number of fused-ring (bicyclic) bond motifs is 5. The number of amides is 1. The average molecular weight is 974 g/mol. The van der Waals surface area contributed by atoms with E-state index in [2.05, 4.69) is 73.5 Å². The third-order valence-electron chi connectivity index (χ3n) is 17.4. The van der Waals surface area contributed by atoms with Gasteiger partial charge in [-0.2, -0.15) is 0 Å². The first-order valence-electron chi connectivity index (χ1n) is 28.5. The Hall–Kier alpha value is -1.19. The van der Waals surface area contributed by atoms with Crippen molar-refractivity contribution < 1.29 is 23.9 Å². The van der Waals surface area contributed by atoms with Gasteiger partial charge in [0.2, 0.25) is 5.91 Å². The zero-order valence-corrected chi connectivity index (χ0v) is 46.6. The third kappa shape index (κ3) is 19.4. The Morgan fingerprint density at radius 1 is 0.687 bits per heavy atom. The summed E-state index contributed by atoms with van der Waals surface area (Å²) in [6.07, 6.45) is 34.8. The lowest BCUT2D eigenvalue weighted by Crippen LogP contribution is -2.51. The Kier molecular flexibility index (Phi) is 27.3. The number of hydrogen-bond donors (Lipinski definition) is 0. The van der Waals surface area contributed by atoms with E-state index >= 15 is 0 Å². The molecule has 3 fully saturated rings. The van der Waals surface area contributed by atoms with Crippen molar-refractivity contribution in [2.45, 2.75) is 247 Å². The normalized spacial score (nSPS) is 26.7. The number of ether oxygens (including phenoxy) is 2. The maximum absolute atomic E-state index is 13.4. The van der Waals surface area contributed by atoms with Gasteiger partial charge in [0.05, 0.1) is 6.42 Å². The molecule has 67 heavy (non-hydrogen) atoms. The second-order valence-corrected chi connectivity index (χ2v) is 26.0. The minimum Gasteiger partial charge on any atom is -0.462 e. The van der Waals surface area contributed by atoms with Crippen molar-refractivity contribution >= 4 is 39.4 Å². The van der Waals surface area contributed by atoms with Gasteiger partial charge < -0.3 is 19.3 Å². The van der Waals surface area contributed by atoms with Crippen LogP contribution in [0.15, 0.2) is 11.6 Å². The van der Waals surface area contributed by atoms with Crippen LogP contribution in [-0.4, -0.2) is 85.1 Å². The first-order valence-corrected chi connectivity index (χ1v) is 31.0. The molecule has 4 rings (SSSR count). The van der Waals surface area contributed by atoms with E-state index in [4.69, 9.17) is 9.47 Å². The van der Waals surface area contributed by atoms with Gasteiger partial charge in [-0.05, 0) is 157 Å². The average Bonchev–Trinajstić information content (AvgIpc) is 3.65. The fourth-order valence-corrected chi connectivity index (χ4v) is 15.4. The number of carbonyl (C=O) groups excluding carboxylic acids is 3. The van der Waals surface area contributed by atoms with Crippen molar-refractivity contribution in [3.8, 4) is 0 Å². The largest absolute Gasteiger partial charge is 0.462 e. The number of esters is 2. The molecular formula is C58H104N2O5S2. The molecule has 0 heterocycles. The van der Waals surface area contributed by atoms with Crippen LogP contribution < -0.4 is 0 Å². The van der Waals surface area contributed by atoms with E-state index in [1.54, 1.807) is 27.2 Å². The van der Waals surface area contributed by atoms with Crippen LogP contribution in [0, 0.1) is 46.3 Å². The molecule has 0 aliphatic heterocycles. The Bertz CT molecular complexity index is 1460. The molecule has 1 amide bonds. The summed E-state index contributed by atoms with van der Waals surface area (Å²) in [5, 5.41) is 0. The second kappa shape index (κ2) is 31.3. The predicted octanol–water partition coefficient (Wildman–Crippen LogP) is 15.7. The molecule has 3 saturated carbocycles. The van der Waals surface area contributed by atoms with Crippen LogP contribution in [0.4, 0.5) is 0 Å². The second-order valence-electron chi connectivity index (χ2n) is 23.3. The summed E-state index contributed by atoms with van der Waals surface area (Å²) >= 11 is 0. The number of carbonyl (C=O) groups is 3. The van der Waals surface area contributed by atoms with Gasteiger partial charge in [0.1, 0.15) is 12.2 Å². The summed E-state index contributed by atoms with van der Waals surface area (Å²) in [5.41, 5.74) is 2.37. The first kappa shape index (κ1) is 58.4. The summed E-state index contributed by atoms with van der Waals surface area (Å²) in [4.78, 5) is 43.6. The van der Waals surface area contributed by atoms with Crippen LogP contribution in [0.2, 0.25) is 0 Å². The number of rotatable bonds is 35. The van der Waals surface area contributed by atoms with Gasteiger partial charge in [-0.3, -0.25) is 14.4 Å². The lowest BCUT2D eigenvalue weighted by Gasteiger charge is -2.58. The number of nitrogens with zero attached hydrogens (tertiary/aromatic N) is 2. The van der Waals surface area contributed by atoms with E-state index in [1.165, 1.54) is 96.3 Å². The van der Waals surface area contributed by atoms with Gasteiger partial charge in [0.25, 0.3) is 0 Å². The molecular weight excluding hydrogens is 869 g/mol. The maximum Gasteiger partial charge on any atom is 0.306 e. The summed E-state index contributed by atoms with van der Waals surface area (Å²) in [5.74, 6) is 6.56. The Morgan fingerprint density at radius 3 is 2.09 bits per heavy atom. The van der Waals surface area contributed by atoms with Gasteiger partial charge in [-0.15, -0.1) is 0 Å². The third-order valence-corrected chi connectivity index (χ3v) is 19.8. The summed E-state index contributed by atoms with van der Waals surface area (Å²) in [6, 6.07) is 0. The fraction of sp³-hybridized carbons (Fsp3) is 0.914. The summed E-state index contributed by atoms with van der Waals surface area (Å²) < 4.78 is 12.2. The molecule has 0 spiro atoms. The highest BCUT2D eigenvalue weighted by Crippen LogP contribution is 2.67. The predicted molar refractivity (Wildman–Crippen MR) is 287 cm³/mol.